The van der Waals surface area contributed by atoms with E-state index < -0.39 is 11.3 Å². The Balaban J connectivity index is 1.42. The molecule has 164 valence electrons. The normalized spacial score (nSPS) is 17.5. The van der Waals surface area contributed by atoms with Crippen LogP contribution in [-0.4, -0.2) is 33.0 Å². The minimum atomic E-state index is -0.597. The Morgan fingerprint density at radius 1 is 0.970 bits per heavy atom. The molecule has 2 atom stereocenters. The van der Waals surface area contributed by atoms with Crippen molar-refractivity contribution in [2.45, 2.75) is 24.8 Å². The van der Waals surface area contributed by atoms with Gasteiger partial charge in [-0.2, -0.15) is 4.99 Å². The van der Waals surface area contributed by atoms with Crippen LogP contribution in [0.25, 0.3) is 0 Å². The van der Waals surface area contributed by atoms with Gasteiger partial charge < -0.3 is 5.32 Å². The highest BCUT2D eigenvalue weighted by Crippen LogP contribution is 2.40. The van der Waals surface area contributed by atoms with Gasteiger partial charge in [0, 0.05) is 12.1 Å². The number of nitrogens with one attached hydrogen (secondary N) is 1. The lowest BCUT2D eigenvalue weighted by molar-refractivity contribution is -0.120. The molecule has 2 heterocycles. The van der Waals surface area contributed by atoms with Crippen molar-refractivity contribution in [3.05, 3.63) is 102 Å². The zero-order valence-corrected chi connectivity index (χ0v) is 18.8. The summed E-state index contributed by atoms with van der Waals surface area (Å²) in [7, 11) is 0. The predicted molar refractivity (Wildman–Crippen MR) is 131 cm³/mol. The van der Waals surface area contributed by atoms with Crippen molar-refractivity contribution in [1.82, 2.24) is 10.2 Å². The molecule has 0 aromatic heterocycles. The first kappa shape index (κ1) is 21.2. The number of hydrogen-bond acceptors (Lipinski definition) is 5. The molecule has 6 nitrogen and oxygen atoms in total. The third-order valence-electron chi connectivity index (χ3n) is 5.58. The molecule has 0 aliphatic carbocycles. The van der Waals surface area contributed by atoms with Crippen LogP contribution in [0.2, 0.25) is 0 Å². The van der Waals surface area contributed by atoms with Crippen LogP contribution in [0.15, 0.2) is 94.9 Å². The second-order valence-corrected chi connectivity index (χ2v) is 9.14. The third-order valence-corrected chi connectivity index (χ3v) is 6.65. The van der Waals surface area contributed by atoms with E-state index in [9.17, 15) is 9.59 Å². The minimum Gasteiger partial charge on any atom is -0.351 e. The van der Waals surface area contributed by atoms with Crippen molar-refractivity contribution in [3.63, 3.8) is 0 Å². The quantitative estimate of drug-likeness (QED) is 0.618. The van der Waals surface area contributed by atoms with Crippen molar-refractivity contribution < 1.29 is 9.59 Å². The summed E-state index contributed by atoms with van der Waals surface area (Å²) in [6.45, 7) is 2.31. The van der Waals surface area contributed by atoms with Crippen LogP contribution in [0.1, 0.15) is 29.7 Å². The number of amides is 2. The van der Waals surface area contributed by atoms with Crippen LogP contribution in [0, 0.1) is 0 Å². The van der Waals surface area contributed by atoms with Crippen LogP contribution in [-0.2, 0) is 16.1 Å². The molecule has 1 N–H and O–H groups in total. The van der Waals surface area contributed by atoms with Crippen LogP contribution >= 0.6 is 11.8 Å². The van der Waals surface area contributed by atoms with E-state index in [-0.39, 0.29) is 11.8 Å². The maximum Gasteiger partial charge on any atom is 0.275 e. The molecule has 0 radical (unpaired) electrons. The van der Waals surface area contributed by atoms with Crippen molar-refractivity contribution in [3.8, 4) is 0 Å². The lowest BCUT2D eigenvalue weighted by Crippen LogP contribution is -2.40. The maximum atomic E-state index is 13.0. The van der Waals surface area contributed by atoms with Crippen LogP contribution in [0.4, 0.5) is 5.69 Å². The van der Waals surface area contributed by atoms with Gasteiger partial charge in [-0.25, -0.2) is 4.99 Å². The fourth-order valence-electron chi connectivity index (χ4n) is 3.91. The lowest BCUT2D eigenvalue weighted by atomic mass is 10.0. The van der Waals surface area contributed by atoms with E-state index in [1.807, 2.05) is 96.8 Å². The van der Waals surface area contributed by atoms with E-state index in [0.29, 0.717) is 17.5 Å². The van der Waals surface area contributed by atoms with E-state index in [1.165, 1.54) is 11.8 Å². The van der Waals surface area contributed by atoms with E-state index in [0.717, 1.165) is 22.4 Å². The zero-order chi connectivity index (χ0) is 22.8. The monoisotopic (exact) mass is 454 g/mol. The smallest absolute Gasteiger partial charge is 0.275 e. The summed E-state index contributed by atoms with van der Waals surface area (Å²) in [5, 5.41) is 3.17. The Hall–Kier alpha value is -3.71. The molecular weight excluding hydrogens is 432 g/mol. The number of para-hydroxylation sites is 1. The Bertz CT molecular complexity index is 1260. The molecule has 0 bridgehead atoms. The van der Waals surface area contributed by atoms with Gasteiger partial charge in [-0.1, -0.05) is 84.6 Å². The topological polar surface area (TPSA) is 74.1 Å². The van der Waals surface area contributed by atoms with Crippen LogP contribution in [0.5, 0.6) is 0 Å². The summed E-state index contributed by atoms with van der Waals surface area (Å²) in [5.74, 6) is 0.256. The first-order valence-electron chi connectivity index (χ1n) is 10.7. The zero-order valence-electron chi connectivity index (χ0n) is 18.0. The highest BCUT2D eigenvalue weighted by molar-refractivity contribution is 8.14. The fraction of sp³-hybridized carbons (Fsp3) is 0.154. The van der Waals surface area contributed by atoms with Gasteiger partial charge in [-0.15, -0.1) is 0 Å². The second kappa shape index (κ2) is 9.03. The summed E-state index contributed by atoms with van der Waals surface area (Å²) in [5.41, 5.74) is 3.44. The molecule has 3 aromatic rings. The van der Waals surface area contributed by atoms with Gasteiger partial charge >= 0.3 is 0 Å². The highest BCUT2D eigenvalue weighted by atomic mass is 32.2. The number of rotatable bonds is 5. The number of benzene rings is 3. The first-order chi connectivity index (χ1) is 16.1. The predicted octanol–water partition coefficient (Wildman–Crippen LogP) is 4.46. The lowest BCUT2D eigenvalue weighted by Gasteiger charge is -2.32. The molecule has 2 amide bonds. The van der Waals surface area contributed by atoms with Gasteiger partial charge in [0.15, 0.2) is 5.17 Å². The average Bonchev–Trinajstić information content (AvgIpc) is 3.21. The number of carbonyl (C=O) groups excluding carboxylic acids is 2. The first-order valence-corrected chi connectivity index (χ1v) is 11.6. The molecule has 2 aliphatic rings. The molecule has 3 aromatic carbocycles. The Kier molecular flexibility index (Phi) is 5.79. The summed E-state index contributed by atoms with van der Waals surface area (Å²) in [4.78, 5) is 36.9. The van der Waals surface area contributed by atoms with Gasteiger partial charge in [-0.05, 0) is 30.2 Å². The van der Waals surface area contributed by atoms with E-state index >= 15 is 0 Å². The van der Waals surface area contributed by atoms with Crippen LogP contribution in [0.3, 0.4) is 0 Å². The SMILES string of the molecule is CC(SC1=Nc2ccccc2C2=NC(=O)C(c3ccccc3)N12)C(=O)NCc1ccccc1. The summed E-state index contributed by atoms with van der Waals surface area (Å²) in [6, 6.07) is 26.4. The molecule has 5 rings (SSSR count). The van der Waals surface area contributed by atoms with Gasteiger partial charge in [-0.3, -0.25) is 14.5 Å². The standard InChI is InChI=1S/C26H22N4O2S/c1-17(24(31)27-16-18-10-4-2-5-11-18)33-26-28-21-15-9-8-14-20(21)23-29-25(32)22(30(23)26)19-12-6-3-7-13-19/h2-15,17,22H,16H2,1H3,(H,27,31). The highest BCUT2D eigenvalue weighted by Gasteiger charge is 2.43. The number of amidine groups is 2. The van der Waals surface area contributed by atoms with Gasteiger partial charge in [0.1, 0.15) is 11.9 Å². The number of carbonyl (C=O) groups is 2. The van der Waals surface area contributed by atoms with E-state index in [2.05, 4.69) is 10.3 Å². The average molecular weight is 455 g/mol. The van der Waals surface area contributed by atoms with Gasteiger partial charge in [0.25, 0.3) is 5.91 Å². The number of nitrogens with zero attached hydrogens (tertiary/aromatic N) is 3. The Morgan fingerprint density at radius 3 is 2.39 bits per heavy atom. The maximum absolute atomic E-state index is 13.0. The molecule has 0 saturated heterocycles. The molecule has 0 fully saturated rings. The number of fused-ring (bicyclic) bond motifs is 3. The van der Waals surface area contributed by atoms with Crippen molar-refractivity contribution in [2.75, 3.05) is 0 Å². The molecule has 0 saturated carbocycles. The molecular formula is C26H22N4O2S. The third kappa shape index (κ3) is 4.19. The summed E-state index contributed by atoms with van der Waals surface area (Å²) < 4.78 is 0. The van der Waals surface area contributed by atoms with Gasteiger partial charge in [0.2, 0.25) is 5.91 Å². The Labute approximate surface area is 196 Å². The molecule has 2 aliphatic heterocycles. The fourth-order valence-corrected chi connectivity index (χ4v) is 4.87. The summed E-state index contributed by atoms with van der Waals surface area (Å²) in [6.07, 6.45) is 0. The second-order valence-electron chi connectivity index (χ2n) is 7.83. The van der Waals surface area contributed by atoms with E-state index in [1.54, 1.807) is 0 Å². The Morgan fingerprint density at radius 2 is 1.64 bits per heavy atom. The minimum absolute atomic E-state index is 0.0920. The molecule has 33 heavy (non-hydrogen) atoms. The molecule has 0 spiro atoms. The number of thioether (sulfide) groups is 1. The van der Waals surface area contributed by atoms with E-state index in [4.69, 9.17) is 4.99 Å². The van der Waals surface area contributed by atoms with Crippen LogP contribution < -0.4 is 5.32 Å². The van der Waals surface area contributed by atoms with Crippen molar-refractivity contribution in [1.29, 1.82) is 0 Å². The molecule has 2 unspecified atom stereocenters. The largest absolute Gasteiger partial charge is 0.351 e. The van der Waals surface area contributed by atoms with Crippen molar-refractivity contribution in [2.24, 2.45) is 9.98 Å². The van der Waals surface area contributed by atoms with Crippen molar-refractivity contribution >= 4 is 40.3 Å². The summed E-state index contributed by atoms with van der Waals surface area (Å²) >= 11 is 1.34. The number of aliphatic imine (C=N–C) groups is 2. The molecule has 7 heteroatoms. The number of hydrogen-bond donors (Lipinski definition) is 1. The van der Waals surface area contributed by atoms with Gasteiger partial charge in [0.05, 0.1) is 10.9 Å².